The van der Waals surface area contributed by atoms with Crippen LogP contribution in [0.5, 0.6) is 0 Å². The van der Waals surface area contributed by atoms with Gasteiger partial charge in [-0.15, -0.1) is 11.8 Å². The predicted octanol–water partition coefficient (Wildman–Crippen LogP) is 3.81. The number of carboxylic acid groups (broad SMARTS) is 1. The molecule has 2 rings (SSSR count). The van der Waals surface area contributed by atoms with Gasteiger partial charge in [0.15, 0.2) is 0 Å². The number of nitrogens with one attached hydrogen (secondary N) is 1. The molecule has 140 valence electrons. The van der Waals surface area contributed by atoms with Crippen molar-refractivity contribution in [3.63, 3.8) is 0 Å². The van der Waals surface area contributed by atoms with E-state index < -0.39 is 11.4 Å². The quantitative estimate of drug-likeness (QED) is 0.681. The van der Waals surface area contributed by atoms with Gasteiger partial charge >= 0.3 is 5.97 Å². The number of carboxylic acids is 1. The lowest BCUT2D eigenvalue weighted by Crippen LogP contribution is -2.32. The number of rotatable bonds is 8. The molecule has 0 spiro atoms. The zero-order valence-corrected chi connectivity index (χ0v) is 16.3. The number of carbonyl (C=O) groups excluding carboxylic acids is 1. The first-order valence-electron chi connectivity index (χ1n) is 8.37. The van der Waals surface area contributed by atoms with Crippen LogP contribution in [0.15, 0.2) is 33.7 Å². The maximum atomic E-state index is 12.5. The maximum absolute atomic E-state index is 12.5. The summed E-state index contributed by atoms with van der Waals surface area (Å²) in [5, 5.41) is 15.9. The fourth-order valence-corrected chi connectivity index (χ4v) is 3.53. The Hall–Kier alpha value is -2.28. The van der Waals surface area contributed by atoms with Gasteiger partial charge < -0.3 is 14.9 Å². The topological polar surface area (TPSA) is 92.4 Å². The van der Waals surface area contributed by atoms with Gasteiger partial charge in [-0.1, -0.05) is 17.3 Å². The normalized spacial score (nSPS) is 11.4. The van der Waals surface area contributed by atoms with E-state index in [9.17, 15) is 9.59 Å². The van der Waals surface area contributed by atoms with Crippen molar-refractivity contribution < 1.29 is 19.2 Å². The first kappa shape index (κ1) is 20.0. The Morgan fingerprint density at radius 3 is 2.58 bits per heavy atom. The molecule has 0 aliphatic carbocycles. The molecule has 1 amide bonds. The fraction of sp³-hybridized carbons (Fsp3) is 0.421. The summed E-state index contributed by atoms with van der Waals surface area (Å²) in [5.41, 5.74) is 1.60. The molecule has 7 heteroatoms. The number of amides is 1. The third kappa shape index (κ3) is 4.88. The van der Waals surface area contributed by atoms with Crippen LogP contribution < -0.4 is 5.32 Å². The minimum absolute atomic E-state index is 0.201. The molecule has 0 radical (unpaired) electrons. The molecule has 1 heterocycles. The summed E-state index contributed by atoms with van der Waals surface area (Å²) in [4.78, 5) is 24.5. The Morgan fingerprint density at radius 1 is 1.27 bits per heavy atom. The third-order valence-corrected chi connectivity index (χ3v) is 5.40. The van der Waals surface area contributed by atoms with E-state index in [-0.39, 0.29) is 5.91 Å². The van der Waals surface area contributed by atoms with Crippen molar-refractivity contribution in [3.8, 4) is 0 Å². The second-order valence-corrected chi connectivity index (χ2v) is 7.80. The summed E-state index contributed by atoms with van der Waals surface area (Å²) >= 11 is 1.55. The van der Waals surface area contributed by atoms with Crippen LogP contribution in [0.1, 0.15) is 47.6 Å². The number of benzene rings is 1. The number of thioether (sulfide) groups is 1. The molecular formula is C19H24N2O4S. The number of aliphatic carboxylic acids is 1. The van der Waals surface area contributed by atoms with Crippen LogP contribution in [0.3, 0.4) is 0 Å². The van der Waals surface area contributed by atoms with Crippen LogP contribution in [0, 0.1) is 19.3 Å². The largest absolute Gasteiger partial charge is 0.481 e. The van der Waals surface area contributed by atoms with Gasteiger partial charge in [0.2, 0.25) is 0 Å². The van der Waals surface area contributed by atoms with E-state index >= 15 is 0 Å². The summed E-state index contributed by atoms with van der Waals surface area (Å²) in [7, 11) is 0. The Kier molecular flexibility index (Phi) is 6.47. The van der Waals surface area contributed by atoms with Gasteiger partial charge in [0.1, 0.15) is 5.76 Å². The summed E-state index contributed by atoms with van der Waals surface area (Å²) < 4.78 is 5.18. The van der Waals surface area contributed by atoms with E-state index in [2.05, 4.69) is 10.5 Å². The van der Waals surface area contributed by atoms with Crippen LogP contribution >= 0.6 is 11.8 Å². The number of hydrogen-bond donors (Lipinski definition) is 2. The second-order valence-electron chi connectivity index (χ2n) is 6.78. The van der Waals surface area contributed by atoms with Crippen molar-refractivity contribution in [2.75, 3.05) is 6.54 Å². The van der Waals surface area contributed by atoms with Gasteiger partial charge in [-0.25, -0.2) is 0 Å². The van der Waals surface area contributed by atoms with Gasteiger partial charge in [-0.05, 0) is 46.2 Å². The highest BCUT2D eigenvalue weighted by Gasteiger charge is 2.26. The summed E-state index contributed by atoms with van der Waals surface area (Å²) in [6, 6.07) is 7.38. The maximum Gasteiger partial charge on any atom is 0.309 e. The molecule has 0 fully saturated rings. The number of nitrogens with zero attached hydrogens (tertiary/aromatic N) is 1. The van der Waals surface area contributed by atoms with Gasteiger partial charge in [-0.2, -0.15) is 0 Å². The molecule has 0 saturated heterocycles. The molecule has 1 aromatic heterocycles. The Bertz CT molecular complexity index is 779. The van der Waals surface area contributed by atoms with E-state index in [1.165, 1.54) is 0 Å². The Balaban J connectivity index is 2.01. The van der Waals surface area contributed by atoms with E-state index in [4.69, 9.17) is 9.63 Å². The molecule has 2 N–H and O–H groups in total. The van der Waals surface area contributed by atoms with Crippen LogP contribution in [-0.4, -0.2) is 28.7 Å². The molecular weight excluding hydrogens is 352 g/mol. The molecule has 2 aromatic rings. The molecule has 0 bridgehead atoms. The standard InChI is InChI=1S/C19H24N2O4S/c1-12-15(13(2)25-21-12)11-26-16-8-6-5-7-14(16)17(22)20-10-9-19(3,4)18(23)24/h5-8H,9-11H2,1-4H3,(H,20,22)(H,23,24). The SMILES string of the molecule is Cc1noc(C)c1CSc1ccccc1C(=O)NCCC(C)(C)C(=O)O. The van der Waals surface area contributed by atoms with E-state index in [1.54, 1.807) is 31.7 Å². The highest BCUT2D eigenvalue weighted by molar-refractivity contribution is 7.98. The first-order chi connectivity index (χ1) is 12.2. The average Bonchev–Trinajstić information content (AvgIpc) is 2.91. The third-order valence-electron chi connectivity index (χ3n) is 4.30. The van der Waals surface area contributed by atoms with Gasteiger partial charge in [0.05, 0.1) is 16.7 Å². The first-order valence-corrected chi connectivity index (χ1v) is 9.36. The van der Waals surface area contributed by atoms with Crippen LogP contribution in [0.4, 0.5) is 0 Å². The smallest absolute Gasteiger partial charge is 0.309 e. The zero-order chi connectivity index (χ0) is 19.3. The monoisotopic (exact) mass is 376 g/mol. The lowest BCUT2D eigenvalue weighted by Gasteiger charge is -2.19. The predicted molar refractivity (Wildman–Crippen MR) is 100 cm³/mol. The van der Waals surface area contributed by atoms with E-state index in [0.29, 0.717) is 24.3 Å². The van der Waals surface area contributed by atoms with Gasteiger partial charge in [0, 0.05) is 22.8 Å². The lowest BCUT2D eigenvalue weighted by atomic mass is 9.90. The van der Waals surface area contributed by atoms with Crippen LogP contribution in [-0.2, 0) is 10.5 Å². The molecule has 0 saturated carbocycles. The molecule has 0 aliphatic rings. The van der Waals surface area contributed by atoms with E-state index in [0.717, 1.165) is 21.9 Å². The molecule has 0 atom stereocenters. The summed E-state index contributed by atoms with van der Waals surface area (Å²) in [6.07, 6.45) is 0.364. The average molecular weight is 376 g/mol. The number of aromatic nitrogens is 1. The highest BCUT2D eigenvalue weighted by Crippen LogP contribution is 2.29. The van der Waals surface area contributed by atoms with Crippen molar-refractivity contribution in [3.05, 3.63) is 46.8 Å². The summed E-state index contributed by atoms with van der Waals surface area (Å²) in [6.45, 7) is 7.37. The van der Waals surface area contributed by atoms with Gasteiger partial charge in [0.25, 0.3) is 5.91 Å². The summed E-state index contributed by atoms with van der Waals surface area (Å²) in [5.74, 6) is 0.375. The van der Waals surface area contributed by atoms with Gasteiger partial charge in [-0.3, -0.25) is 9.59 Å². The van der Waals surface area contributed by atoms with Crippen molar-refractivity contribution in [1.82, 2.24) is 10.5 Å². The molecule has 6 nitrogen and oxygen atoms in total. The van der Waals surface area contributed by atoms with Crippen molar-refractivity contribution in [2.24, 2.45) is 5.41 Å². The number of hydrogen-bond acceptors (Lipinski definition) is 5. The Morgan fingerprint density at radius 2 is 1.96 bits per heavy atom. The molecule has 0 unspecified atom stereocenters. The Labute approximate surface area is 157 Å². The number of aryl methyl sites for hydroxylation is 2. The van der Waals surface area contributed by atoms with Crippen molar-refractivity contribution in [2.45, 2.75) is 44.8 Å². The van der Waals surface area contributed by atoms with Crippen molar-refractivity contribution >= 4 is 23.6 Å². The highest BCUT2D eigenvalue weighted by atomic mass is 32.2. The van der Waals surface area contributed by atoms with Crippen molar-refractivity contribution in [1.29, 1.82) is 0 Å². The zero-order valence-electron chi connectivity index (χ0n) is 15.5. The van der Waals surface area contributed by atoms with Crippen LogP contribution in [0.25, 0.3) is 0 Å². The molecule has 0 aliphatic heterocycles. The molecule has 26 heavy (non-hydrogen) atoms. The fourth-order valence-electron chi connectivity index (χ4n) is 2.33. The lowest BCUT2D eigenvalue weighted by molar-refractivity contribution is -0.147. The molecule has 1 aromatic carbocycles. The van der Waals surface area contributed by atoms with Crippen LogP contribution in [0.2, 0.25) is 0 Å². The van der Waals surface area contributed by atoms with E-state index in [1.807, 2.05) is 32.0 Å². The minimum atomic E-state index is -0.873. The number of carbonyl (C=O) groups is 2. The minimum Gasteiger partial charge on any atom is -0.481 e. The second kappa shape index (κ2) is 8.40.